The van der Waals surface area contributed by atoms with Gasteiger partial charge in [-0.25, -0.2) is 13.2 Å². The zero-order chi connectivity index (χ0) is 19.6. The lowest BCUT2D eigenvalue weighted by Crippen LogP contribution is -2.45. The minimum atomic E-state index is -3.08. The van der Waals surface area contributed by atoms with Crippen LogP contribution in [0.25, 0.3) is 11.0 Å². The van der Waals surface area contributed by atoms with Gasteiger partial charge in [0.25, 0.3) is 5.91 Å². The number of hydrogen-bond acceptors (Lipinski definition) is 6. The molecule has 0 aliphatic carbocycles. The van der Waals surface area contributed by atoms with Gasteiger partial charge in [-0.2, -0.15) is 0 Å². The molecule has 0 bridgehead atoms. The quantitative estimate of drug-likeness (QED) is 0.695. The highest BCUT2D eigenvalue weighted by Crippen LogP contribution is 2.21. The van der Waals surface area contributed by atoms with Gasteiger partial charge >= 0.3 is 5.63 Å². The molecule has 2 aromatic rings. The van der Waals surface area contributed by atoms with Crippen LogP contribution in [0.1, 0.15) is 20.3 Å². The Morgan fingerprint density at radius 1 is 1.30 bits per heavy atom. The van der Waals surface area contributed by atoms with Crippen molar-refractivity contribution in [1.82, 2.24) is 4.90 Å². The summed E-state index contributed by atoms with van der Waals surface area (Å²) in [5, 5.41) is 0.755. The molecule has 0 saturated carbocycles. The van der Waals surface area contributed by atoms with E-state index >= 15 is 0 Å². The maximum atomic E-state index is 12.7. The Labute approximate surface area is 157 Å². The van der Waals surface area contributed by atoms with Crippen LogP contribution in [-0.2, 0) is 14.6 Å². The van der Waals surface area contributed by atoms with Gasteiger partial charge < -0.3 is 14.1 Å². The van der Waals surface area contributed by atoms with Crippen molar-refractivity contribution in [3.63, 3.8) is 0 Å². The normalized spacial score (nSPS) is 18.7. The summed E-state index contributed by atoms with van der Waals surface area (Å²) < 4.78 is 34.3. The van der Waals surface area contributed by atoms with E-state index in [1.165, 1.54) is 6.07 Å². The molecule has 1 aliphatic heterocycles. The van der Waals surface area contributed by atoms with Crippen LogP contribution < -0.4 is 10.4 Å². The number of ether oxygens (including phenoxy) is 1. The third-order valence-electron chi connectivity index (χ3n) is 4.49. The Bertz CT molecular complexity index is 995. The number of sulfone groups is 1. The minimum Gasteiger partial charge on any atom is -0.484 e. The van der Waals surface area contributed by atoms with Crippen LogP contribution >= 0.6 is 0 Å². The largest absolute Gasteiger partial charge is 0.484 e. The molecule has 1 aromatic carbocycles. The molecular formula is C19H23NO6S. The number of amides is 1. The van der Waals surface area contributed by atoms with E-state index in [2.05, 4.69) is 0 Å². The Balaban J connectivity index is 1.71. The van der Waals surface area contributed by atoms with Crippen molar-refractivity contribution in [1.29, 1.82) is 0 Å². The zero-order valence-electron chi connectivity index (χ0n) is 15.4. The molecule has 1 amide bonds. The number of fused-ring (bicyclic) bond motifs is 1. The van der Waals surface area contributed by atoms with E-state index < -0.39 is 15.5 Å². The maximum absolute atomic E-state index is 12.7. The molecule has 0 unspecified atom stereocenters. The molecule has 0 spiro atoms. The Hall–Kier alpha value is -2.35. The zero-order valence-corrected chi connectivity index (χ0v) is 16.2. The average molecular weight is 393 g/mol. The lowest BCUT2D eigenvalue weighted by Gasteiger charge is -2.29. The molecule has 0 radical (unpaired) electrons. The van der Waals surface area contributed by atoms with E-state index in [-0.39, 0.29) is 36.0 Å². The fraction of sp³-hybridized carbons (Fsp3) is 0.474. The van der Waals surface area contributed by atoms with Crippen molar-refractivity contribution >= 4 is 26.7 Å². The smallest absolute Gasteiger partial charge is 0.336 e. The first-order valence-electron chi connectivity index (χ1n) is 8.90. The lowest BCUT2D eigenvalue weighted by molar-refractivity contribution is -0.135. The first-order valence-corrected chi connectivity index (χ1v) is 10.7. The van der Waals surface area contributed by atoms with Gasteiger partial charge in [-0.3, -0.25) is 4.79 Å². The molecule has 7 nitrogen and oxygen atoms in total. The Morgan fingerprint density at radius 3 is 2.70 bits per heavy atom. The summed E-state index contributed by atoms with van der Waals surface area (Å²) in [4.78, 5) is 25.7. The molecule has 27 heavy (non-hydrogen) atoms. The molecule has 2 heterocycles. The fourth-order valence-corrected chi connectivity index (χ4v) is 4.96. The molecule has 8 heteroatoms. The number of hydrogen-bond donors (Lipinski definition) is 0. The Morgan fingerprint density at radius 2 is 2.04 bits per heavy atom. The predicted octanol–water partition coefficient (Wildman–Crippen LogP) is 1.84. The number of rotatable bonds is 6. The van der Waals surface area contributed by atoms with Gasteiger partial charge in [0.2, 0.25) is 0 Å². The summed E-state index contributed by atoms with van der Waals surface area (Å²) in [7, 11) is -3.08. The highest BCUT2D eigenvalue weighted by molar-refractivity contribution is 7.91. The van der Waals surface area contributed by atoms with Crippen LogP contribution in [0.3, 0.4) is 0 Å². The monoisotopic (exact) mass is 393 g/mol. The van der Waals surface area contributed by atoms with Crippen molar-refractivity contribution in [2.75, 3.05) is 24.7 Å². The van der Waals surface area contributed by atoms with E-state index in [9.17, 15) is 18.0 Å². The first-order chi connectivity index (χ1) is 12.7. The minimum absolute atomic E-state index is 0.00654. The van der Waals surface area contributed by atoms with Crippen LogP contribution in [0, 0.1) is 5.92 Å². The SMILES string of the molecule is CC(C)CN(C(=O)COc1ccc2ccc(=O)oc2c1)[C@H]1CCS(=O)(=O)C1. The Kier molecular flexibility index (Phi) is 5.55. The average Bonchev–Trinajstić information content (AvgIpc) is 2.96. The summed E-state index contributed by atoms with van der Waals surface area (Å²) in [6, 6.07) is 7.70. The highest BCUT2D eigenvalue weighted by Gasteiger charge is 2.34. The molecule has 146 valence electrons. The van der Waals surface area contributed by atoms with Crippen LogP contribution in [0.15, 0.2) is 39.5 Å². The third kappa shape index (κ3) is 4.88. The lowest BCUT2D eigenvalue weighted by atomic mass is 10.1. The van der Waals surface area contributed by atoms with Crippen molar-refractivity contribution < 1.29 is 22.4 Å². The van der Waals surface area contributed by atoms with Crippen LogP contribution in [-0.4, -0.2) is 49.9 Å². The van der Waals surface area contributed by atoms with Gasteiger partial charge in [0.05, 0.1) is 11.5 Å². The summed E-state index contributed by atoms with van der Waals surface area (Å²) in [5.41, 5.74) is -0.0744. The number of carbonyl (C=O) groups is 1. The van der Waals surface area contributed by atoms with E-state index in [0.717, 1.165) is 5.39 Å². The molecule has 0 N–H and O–H groups in total. The van der Waals surface area contributed by atoms with E-state index in [1.807, 2.05) is 13.8 Å². The van der Waals surface area contributed by atoms with Crippen LogP contribution in [0.2, 0.25) is 0 Å². The second-order valence-corrected chi connectivity index (χ2v) is 9.47. The highest BCUT2D eigenvalue weighted by atomic mass is 32.2. The van der Waals surface area contributed by atoms with Gasteiger partial charge in [-0.05, 0) is 30.5 Å². The maximum Gasteiger partial charge on any atom is 0.336 e. The van der Waals surface area contributed by atoms with Crippen molar-refractivity contribution in [3.05, 3.63) is 40.8 Å². The van der Waals surface area contributed by atoms with E-state index in [0.29, 0.717) is 24.3 Å². The molecule has 3 rings (SSSR count). The molecular weight excluding hydrogens is 370 g/mol. The summed E-state index contributed by atoms with van der Waals surface area (Å²) in [6.45, 7) is 4.24. The van der Waals surface area contributed by atoms with E-state index in [1.54, 1.807) is 29.2 Å². The van der Waals surface area contributed by atoms with Crippen molar-refractivity contribution in [2.24, 2.45) is 5.92 Å². The first kappa shape index (κ1) is 19.4. The number of carbonyl (C=O) groups excluding carboxylic acids is 1. The van der Waals surface area contributed by atoms with Crippen LogP contribution in [0.5, 0.6) is 5.75 Å². The van der Waals surface area contributed by atoms with Gasteiger partial charge in [-0.1, -0.05) is 13.8 Å². The topological polar surface area (TPSA) is 93.9 Å². The van der Waals surface area contributed by atoms with Gasteiger partial charge in [-0.15, -0.1) is 0 Å². The number of nitrogens with zero attached hydrogens (tertiary/aromatic N) is 1. The van der Waals surface area contributed by atoms with Crippen LogP contribution in [0.4, 0.5) is 0 Å². The van der Waals surface area contributed by atoms with E-state index in [4.69, 9.17) is 9.15 Å². The summed E-state index contributed by atoms with van der Waals surface area (Å²) in [5.74, 6) is 0.498. The van der Waals surface area contributed by atoms with Crippen molar-refractivity contribution in [3.8, 4) is 5.75 Å². The molecule has 1 fully saturated rings. The second kappa shape index (κ2) is 7.72. The summed E-state index contributed by atoms with van der Waals surface area (Å²) in [6.07, 6.45) is 0.460. The number of benzene rings is 1. The second-order valence-electron chi connectivity index (χ2n) is 7.24. The molecule has 1 saturated heterocycles. The van der Waals surface area contributed by atoms with Gasteiger partial charge in [0.15, 0.2) is 16.4 Å². The standard InChI is InChI=1S/C19H23NO6S/c1-13(2)10-20(15-7-8-27(23,24)12-15)18(21)11-25-16-5-3-14-4-6-19(22)26-17(14)9-16/h3-6,9,13,15H,7-8,10-12H2,1-2H3/t15-/m0/s1. The molecule has 1 atom stereocenters. The molecule has 1 aliphatic rings. The van der Waals surface area contributed by atoms with Gasteiger partial charge in [0.1, 0.15) is 11.3 Å². The molecule has 1 aromatic heterocycles. The fourth-order valence-electron chi connectivity index (χ4n) is 3.23. The van der Waals surface area contributed by atoms with Gasteiger partial charge in [0, 0.05) is 30.1 Å². The van der Waals surface area contributed by atoms with Crippen molar-refractivity contribution in [2.45, 2.75) is 26.3 Å². The summed E-state index contributed by atoms with van der Waals surface area (Å²) >= 11 is 0. The third-order valence-corrected chi connectivity index (χ3v) is 6.24. The predicted molar refractivity (Wildman–Crippen MR) is 102 cm³/mol.